The minimum absolute atomic E-state index is 0.574. The number of pyridine rings is 1. The van der Waals surface area contributed by atoms with Crippen LogP contribution < -0.4 is 0 Å². The quantitative estimate of drug-likeness (QED) is 0.180. The van der Waals surface area contributed by atoms with Crippen molar-refractivity contribution in [3.8, 4) is 51.0 Å². The molecule has 0 N–H and O–H groups in total. The highest BCUT2D eigenvalue weighted by molar-refractivity contribution is 6.12. The van der Waals surface area contributed by atoms with Crippen molar-refractivity contribution in [2.75, 3.05) is 0 Å². The van der Waals surface area contributed by atoms with Gasteiger partial charge in [-0.05, 0) is 70.4 Å². The lowest BCUT2D eigenvalue weighted by Crippen LogP contribution is -2.01. The van der Waals surface area contributed by atoms with E-state index in [1.165, 1.54) is 38.1 Å². The van der Waals surface area contributed by atoms with E-state index in [4.69, 9.17) is 19.4 Å². The van der Waals surface area contributed by atoms with Crippen LogP contribution in [-0.2, 0) is 0 Å². The highest BCUT2D eigenvalue weighted by atomic mass is 16.3. The summed E-state index contributed by atoms with van der Waals surface area (Å²) in [5.41, 5.74) is 9.87. The van der Waals surface area contributed by atoms with Crippen molar-refractivity contribution in [1.82, 2.24) is 24.5 Å². The maximum atomic E-state index is 6.20. The van der Waals surface area contributed by atoms with E-state index >= 15 is 0 Å². The lowest BCUT2D eigenvalue weighted by atomic mass is 9.97. The Hall–Kier alpha value is -7.44. The molecule has 11 rings (SSSR count). The molecule has 0 aliphatic rings. The molecule has 0 atom stereocenters. The minimum Gasteiger partial charge on any atom is -0.454 e. The Morgan fingerprint density at radius 2 is 0.981 bits per heavy atom. The van der Waals surface area contributed by atoms with Gasteiger partial charge >= 0.3 is 0 Å². The highest BCUT2D eigenvalue weighted by Gasteiger charge is 2.19. The molecule has 0 spiro atoms. The molecule has 11 aromatic rings. The van der Waals surface area contributed by atoms with Gasteiger partial charge in [-0.2, -0.15) is 0 Å². The van der Waals surface area contributed by atoms with Crippen molar-refractivity contribution in [2.24, 2.45) is 0 Å². The molecule has 6 heteroatoms. The van der Waals surface area contributed by atoms with Gasteiger partial charge in [0, 0.05) is 50.1 Å². The Morgan fingerprint density at radius 1 is 0.407 bits per heavy atom. The maximum Gasteiger partial charge on any atom is 0.164 e. The summed E-state index contributed by atoms with van der Waals surface area (Å²) in [4.78, 5) is 19.7. The van der Waals surface area contributed by atoms with E-state index in [9.17, 15) is 0 Å². The molecule has 0 aliphatic heterocycles. The van der Waals surface area contributed by atoms with E-state index in [1.807, 2.05) is 18.2 Å². The molecule has 4 aromatic heterocycles. The third-order valence-corrected chi connectivity index (χ3v) is 10.4. The Kier molecular flexibility index (Phi) is 6.75. The first kappa shape index (κ1) is 30.2. The fraction of sp³-hybridized carbons (Fsp3) is 0. The number of nitrogens with zero attached hydrogens (tertiary/aromatic N) is 5. The minimum atomic E-state index is 0.574. The molecule has 4 heterocycles. The molecule has 54 heavy (non-hydrogen) atoms. The van der Waals surface area contributed by atoms with Crippen molar-refractivity contribution in [3.63, 3.8) is 0 Å². The fourth-order valence-electron chi connectivity index (χ4n) is 7.86. The molecule has 0 amide bonds. The Morgan fingerprint density at radius 3 is 1.72 bits per heavy atom. The molecule has 0 aliphatic carbocycles. The van der Waals surface area contributed by atoms with Crippen molar-refractivity contribution >= 4 is 54.5 Å². The Labute approximate surface area is 309 Å². The van der Waals surface area contributed by atoms with Crippen molar-refractivity contribution in [2.45, 2.75) is 0 Å². The third-order valence-electron chi connectivity index (χ3n) is 10.4. The standard InChI is InChI=1S/C48H29N5O/c1-2-11-35-30(9-1)10-7-14-36(35)31-19-21-32(22-20-31)46-50-47(52-48(51-46)40-15-8-18-43-45(40)39-27-28-49-29-44(39)54-43)33-23-25-34(26-24-33)53-41-16-5-3-12-37(41)38-13-4-6-17-42(38)53/h1-29H. The number of furan rings is 1. The molecular formula is C48H29N5O. The van der Waals surface area contributed by atoms with Crippen LogP contribution in [0.1, 0.15) is 0 Å². The molecular weight excluding hydrogens is 663 g/mol. The fourth-order valence-corrected chi connectivity index (χ4v) is 7.86. The lowest BCUT2D eigenvalue weighted by Gasteiger charge is -2.12. The SMILES string of the molecule is c1ccc2c(-c3ccc(-c4nc(-c5ccc(-n6c7ccccc7c7ccccc76)cc5)nc(-c5cccc6oc7cnccc7c56)n4)cc3)cccc2c1. The van der Waals surface area contributed by atoms with E-state index < -0.39 is 0 Å². The monoisotopic (exact) mass is 691 g/mol. The number of fused-ring (bicyclic) bond motifs is 7. The Balaban J connectivity index is 1.07. The number of para-hydroxylation sites is 2. The largest absolute Gasteiger partial charge is 0.454 e. The molecule has 0 bridgehead atoms. The zero-order valence-electron chi connectivity index (χ0n) is 28.9. The topological polar surface area (TPSA) is 69.6 Å². The van der Waals surface area contributed by atoms with Gasteiger partial charge in [-0.25, -0.2) is 15.0 Å². The van der Waals surface area contributed by atoms with Crippen LogP contribution in [-0.4, -0.2) is 24.5 Å². The van der Waals surface area contributed by atoms with Crippen molar-refractivity contribution in [1.29, 1.82) is 0 Å². The average Bonchev–Trinajstić information content (AvgIpc) is 3.80. The smallest absolute Gasteiger partial charge is 0.164 e. The number of hydrogen-bond donors (Lipinski definition) is 0. The summed E-state index contributed by atoms with van der Waals surface area (Å²) in [7, 11) is 0. The summed E-state index contributed by atoms with van der Waals surface area (Å²) in [5, 5.41) is 6.81. The van der Waals surface area contributed by atoms with E-state index in [0.29, 0.717) is 17.5 Å². The van der Waals surface area contributed by atoms with Gasteiger partial charge in [-0.3, -0.25) is 4.98 Å². The van der Waals surface area contributed by atoms with Crippen LogP contribution >= 0.6 is 0 Å². The molecule has 0 fully saturated rings. The van der Waals surface area contributed by atoms with Gasteiger partial charge in [0.1, 0.15) is 5.58 Å². The van der Waals surface area contributed by atoms with Crippen LogP contribution in [0.4, 0.5) is 0 Å². The van der Waals surface area contributed by atoms with Crippen LogP contribution in [0.3, 0.4) is 0 Å². The van der Waals surface area contributed by atoms with Gasteiger partial charge in [-0.15, -0.1) is 0 Å². The van der Waals surface area contributed by atoms with Crippen molar-refractivity contribution in [3.05, 3.63) is 176 Å². The van der Waals surface area contributed by atoms with Gasteiger partial charge in [0.05, 0.1) is 17.2 Å². The number of rotatable bonds is 5. The summed E-state index contributed by atoms with van der Waals surface area (Å²) in [5.74, 6) is 1.76. The second kappa shape index (κ2) is 12.1. The first-order chi connectivity index (χ1) is 26.8. The normalized spacial score (nSPS) is 11.7. The second-order valence-electron chi connectivity index (χ2n) is 13.5. The van der Waals surface area contributed by atoms with Crippen LogP contribution in [0.5, 0.6) is 0 Å². The maximum absolute atomic E-state index is 6.20. The third kappa shape index (κ3) is 4.81. The van der Waals surface area contributed by atoms with E-state index in [1.54, 1.807) is 12.4 Å². The summed E-state index contributed by atoms with van der Waals surface area (Å²) in [6.07, 6.45) is 3.54. The molecule has 6 nitrogen and oxygen atoms in total. The second-order valence-corrected chi connectivity index (χ2v) is 13.5. The first-order valence-corrected chi connectivity index (χ1v) is 18.0. The van der Waals surface area contributed by atoms with E-state index in [2.05, 4.69) is 155 Å². The van der Waals surface area contributed by atoms with Crippen LogP contribution in [0.15, 0.2) is 181 Å². The molecule has 0 radical (unpaired) electrons. The zero-order valence-corrected chi connectivity index (χ0v) is 28.9. The van der Waals surface area contributed by atoms with Crippen LogP contribution in [0.25, 0.3) is 105 Å². The van der Waals surface area contributed by atoms with Gasteiger partial charge in [0.15, 0.2) is 23.1 Å². The van der Waals surface area contributed by atoms with Crippen LogP contribution in [0.2, 0.25) is 0 Å². The van der Waals surface area contributed by atoms with Gasteiger partial charge < -0.3 is 8.98 Å². The number of benzene rings is 7. The van der Waals surface area contributed by atoms with Gasteiger partial charge in [0.25, 0.3) is 0 Å². The predicted octanol–water partition coefficient (Wildman–Crippen LogP) is 12.1. The Bertz CT molecular complexity index is 3160. The first-order valence-electron chi connectivity index (χ1n) is 18.0. The van der Waals surface area contributed by atoms with E-state index in [0.717, 1.165) is 49.9 Å². The highest BCUT2D eigenvalue weighted by Crippen LogP contribution is 2.37. The molecule has 0 saturated heterocycles. The lowest BCUT2D eigenvalue weighted by molar-refractivity contribution is 0.667. The number of hydrogen-bond acceptors (Lipinski definition) is 5. The summed E-state index contributed by atoms with van der Waals surface area (Å²) in [6, 6.07) is 57.0. The van der Waals surface area contributed by atoms with Gasteiger partial charge in [0.2, 0.25) is 0 Å². The van der Waals surface area contributed by atoms with Crippen molar-refractivity contribution < 1.29 is 4.42 Å². The zero-order chi connectivity index (χ0) is 35.6. The van der Waals surface area contributed by atoms with E-state index in [-0.39, 0.29) is 0 Å². The summed E-state index contributed by atoms with van der Waals surface area (Å²) in [6.45, 7) is 0. The van der Waals surface area contributed by atoms with Gasteiger partial charge in [-0.1, -0.05) is 115 Å². The average molecular weight is 692 g/mol. The van der Waals surface area contributed by atoms with Crippen LogP contribution in [0, 0.1) is 0 Å². The number of aromatic nitrogens is 5. The molecule has 7 aromatic carbocycles. The summed E-state index contributed by atoms with van der Waals surface area (Å²) >= 11 is 0. The predicted molar refractivity (Wildman–Crippen MR) is 218 cm³/mol. The molecule has 0 saturated carbocycles. The molecule has 252 valence electrons. The molecule has 0 unspecified atom stereocenters. The summed E-state index contributed by atoms with van der Waals surface area (Å²) < 4.78 is 8.52.